The molecule has 0 aliphatic carbocycles. The largest absolute Gasteiger partial charge is 0.493 e. The maximum absolute atomic E-state index is 9.68. The Bertz CT molecular complexity index is 341. The molecule has 1 aromatic rings. The number of aliphatic hydroxyl groups excluding tert-OH is 1. The van der Waals surface area contributed by atoms with Crippen molar-refractivity contribution in [1.82, 2.24) is 0 Å². The van der Waals surface area contributed by atoms with Gasteiger partial charge >= 0.3 is 0 Å². The number of halogens is 2. The molecule has 2 nitrogen and oxygen atoms in total. The summed E-state index contributed by atoms with van der Waals surface area (Å²) in [6.45, 7) is 0.543. The second-order valence-electron chi connectivity index (χ2n) is 2.95. The number of ether oxygens (including phenoxy) is 1. The Morgan fingerprint density at radius 2 is 2.31 bits per heavy atom. The van der Waals surface area contributed by atoms with Crippen LogP contribution in [0.3, 0.4) is 0 Å². The van der Waals surface area contributed by atoms with Crippen LogP contribution in [0.1, 0.15) is 18.1 Å². The van der Waals surface area contributed by atoms with Gasteiger partial charge in [-0.05, 0) is 12.1 Å². The molecule has 4 heteroatoms. The molecule has 0 fully saturated rings. The molecule has 1 unspecified atom stereocenters. The predicted octanol–water partition coefficient (Wildman–Crippen LogP) is 2.92. The number of benzene rings is 1. The third-order valence-corrected chi connectivity index (χ3v) is 2.91. The quantitative estimate of drug-likeness (QED) is 0.780. The summed E-state index contributed by atoms with van der Waals surface area (Å²) < 4.78 is 6.19. The Kier molecular flexibility index (Phi) is 2.49. The Hall–Kier alpha value is -0.250. The van der Waals surface area contributed by atoms with Crippen LogP contribution in [0.25, 0.3) is 0 Å². The van der Waals surface area contributed by atoms with E-state index in [1.165, 1.54) is 0 Å². The third kappa shape index (κ3) is 1.68. The number of aliphatic hydroxyl groups is 1. The van der Waals surface area contributed by atoms with Gasteiger partial charge in [-0.1, -0.05) is 27.5 Å². The van der Waals surface area contributed by atoms with E-state index in [2.05, 4.69) is 15.9 Å². The second kappa shape index (κ2) is 3.48. The molecular weight excluding hydrogens is 255 g/mol. The number of hydrogen-bond donors (Lipinski definition) is 1. The summed E-state index contributed by atoms with van der Waals surface area (Å²) in [7, 11) is 0. The van der Waals surface area contributed by atoms with E-state index in [1.54, 1.807) is 12.1 Å². The van der Waals surface area contributed by atoms with Gasteiger partial charge in [-0.25, -0.2) is 0 Å². The molecule has 13 heavy (non-hydrogen) atoms. The molecule has 1 aromatic carbocycles. The summed E-state index contributed by atoms with van der Waals surface area (Å²) in [6, 6.07) is 3.49. The van der Waals surface area contributed by atoms with E-state index in [4.69, 9.17) is 16.3 Å². The highest BCUT2D eigenvalue weighted by Gasteiger charge is 2.22. The predicted molar refractivity (Wildman–Crippen MR) is 54.2 cm³/mol. The molecule has 0 spiro atoms. The molecule has 1 aliphatic heterocycles. The van der Waals surface area contributed by atoms with Crippen LogP contribution in [-0.4, -0.2) is 11.7 Å². The van der Waals surface area contributed by atoms with Crippen LogP contribution >= 0.6 is 27.5 Å². The number of fused-ring (bicyclic) bond motifs is 1. The number of hydrogen-bond acceptors (Lipinski definition) is 2. The van der Waals surface area contributed by atoms with E-state index in [1.807, 2.05) is 0 Å². The molecule has 1 aliphatic rings. The minimum absolute atomic E-state index is 0.449. The molecule has 0 radical (unpaired) electrons. The van der Waals surface area contributed by atoms with Gasteiger partial charge in [0.2, 0.25) is 0 Å². The lowest BCUT2D eigenvalue weighted by Gasteiger charge is -2.23. The van der Waals surface area contributed by atoms with E-state index in [0.29, 0.717) is 23.8 Å². The Morgan fingerprint density at radius 3 is 3.08 bits per heavy atom. The first-order valence-corrected chi connectivity index (χ1v) is 5.15. The summed E-state index contributed by atoms with van der Waals surface area (Å²) in [5, 5.41) is 10.3. The molecule has 1 N–H and O–H groups in total. The van der Waals surface area contributed by atoms with Gasteiger partial charge in [0.1, 0.15) is 5.75 Å². The van der Waals surface area contributed by atoms with Gasteiger partial charge in [-0.3, -0.25) is 0 Å². The molecule has 0 saturated carbocycles. The zero-order valence-electron chi connectivity index (χ0n) is 6.76. The second-order valence-corrected chi connectivity index (χ2v) is 4.24. The molecule has 70 valence electrons. The van der Waals surface area contributed by atoms with Gasteiger partial charge in [0.05, 0.1) is 12.7 Å². The standard InChI is InChI=1S/C9H8BrClO2/c10-6-3-5(11)4-8-9(6)7(12)1-2-13-8/h3-4,7,12H,1-2H2. The lowest BCUT2D eigenvalue weighted by atomic mass is 10.0. The maximum Gasteiger partial charge on any atom is 0.127 e. The van der Waals surface area contributed by atoms with Crippen LogP contribution in [-0.2, 0) is 0 Å². The normalized spacial score (nSPS) is 20.7. The summed E-state index contributed by atoms with van der Waals surface area (Å²) in [5.41, 5.74) is 0.802. The number of rotatable bonds is 0. The van der Waals surface area contributed by atoms with Gasteiger partial charge in [0.15, 0.2) is 0 Å². The van der Waals surface area contributed by atoms with Gasteiger partial charge in [0, 0.05) is 21.5 Å². The fraction of sp³-hybridized carbons (Fsp3) is 0.333. The minimum Gasteiger partial charge on any atom is -0.493 e. The van der Waals surface area contributed by atoms with Gasteiger partial charge in [-0.2, -0.15) is 0 Å². The molecule has 0 saturated heterocycles. The highest BCUT2D eigenvalue weighted by atomic mass is 79.9. The molecule has 0 bridgehead atoms. The van der Waals surface area contributed by atoms with Crippen LogP contribution in [0, 0.1) is 0 Å². The van der Waals surface area contributed by atoms with E-state index < -0.39 is 6.10 Å². The van der Waals surface area contributed by atoms with Crippen LogP contribution in [0.15, 0.2) is 16.6 Å². The Labute approximate surface area is 89.6 Å². The summed E-state index contributed by atoms with van der Waals surface area (Å²) in [4.78, 5) is 0. The van der Waals surface area contributed by atoms with Crippen molar-refractivity contribution in [3.8, 4) is 5.75 Å². The minimum atomic E-state index is -0.449. The third-order valence-electron chi connectivity index (χ3n) is 2.04. The molecular formula is C9H8BrClO2. The highest BCUT2D eigenvalue weighted by molar-refractivity contribution is 9.10. The lowest BCUT2D eigenvalue weighted by molar-refractivity contribution is 0.114. The van der Waals surface area contributed by atoms with Crippen LogP contribution in [0.2, 0.25) is 5.02 Å². The molecule has 1 heterocycles. The van der Waals surface area contributed by atoms with Crippen molar-refractivity contribution in [2.45, 2.75) is 12.5 Å². The lowest BCUT2D eigenvalue weighted by Crippen LogP contribution is -2.14. The van der Waals surface area contributed by atoms with Gasteiger partial charge in [0.25, 0.3) is 0 Å². The van der Waals surface area contributed by atoms with Gasteiger partial charge < -0.3 is 9.84 Å². The van der Waals surface area contributed by atoms with Crippen molar-refractivity contribution in [3.63, 3.8) is 0 Å². The smallest absolute Gasteiger partial charge is 0.127 e. The van der Waals surface area contributed by atoms with E-state index in [9.17, 15) is 5.11 Å². The first-order valence-electron chi connectivity index (χ1n) is 3.98. The van der Waals surface area contributed by atoms with Crippen LogP contribution in [0.5, 0.6) is 5.75 Å². The SMILES string of the molecule is OC1CCOc2cc(Cl)cc(Br)c21. The van der Waals surface area contributed by atoms with Gasteiger partial charge in [-0.15, -0.1) is 0 Å². The van der Waals surface area contributed by atoms with Crippen molar-refractivity contribution >= 4 is 27.5 Å². The van der Waals surface area contributed by atoms with E-state index >= 15 is 0 Å². The molecule has 0 amide bonds. The zero-order chi connectivity index (χ0) is 9.42. The van der Waals surface area contributed by atoms with Crippen molar-refractivity contribution in [2.24, 2.45) is 0 Å². The van der Waals surface area contributed by atoms with E-state index in [-0.39, 0.29) is 0 Å². The Morgan fingerprint density at radius 1 is 1.54 bits per heavy atom. The van der Waals surface area contributed by atoms with Crippen LogP contribution in [0.4, 0.5) is 0 Å². The summed E-state index contributed by atoms with van der Waals surface area (Å²) >= 11 is 9.19. The molecule has 1 atom stereocenters. The first-order chi connectivity index (χ1) is 6.18. The average Bonchev–Trinajstić information content (AvgIpc) is 2.02. The van der Waals surface area contributed by atoms with Crippen molar-refractivity contribution < 1.29 is 9.84 Å². The fourth-order valence-corrected chi connectivity index (χ4v) is 2.48. The molecule has 2 rings (SSSR count). The van der Waals surface area contributed by atoms with Crippen molar-refractivity contribution in [1.29, 1.82) is 0 Å². The maximum atomic E-state index is 9.68. The molecule has 0 aromatic heterocycles. The monoisotopic (exact) mass is 262 g/mol. The summed E-state index contributed by atoms with van der Waals surface area (Å²) in [5.74, 6) is 0.679. The first kappa shape index (κ1) is 9.31. The highest BCUT2D eigenvalue weighted by Crippen LogP contribution is 2.39. The van der Waals surface area contributed by atoms with E-state index in [0.717, 1.165) is 10.0 Å². The van der Waals surface area contributed by atoms with Crippen LogP contribution < -0.4 is 4.74 Å². The summed E-state index contributed by atoms with van der Waals surface area (Å²) in [6.07, 6.45) is 0.183. The van der Waals surface area contributed by atoms with Crippen molar-refractivity contribution in [2.75, 3.05) is 6.61 Å². The Balaban J connectivity index is 2.56. The average molecular weight is 264 g/mol. The fourth-order valence-electron chi connectivity index (χ4n) is 1.43. The topological polar surface area (TPSA) is 29.5 Å². The van der Waals surface area contributed by atoms with Crippen molar-refractivity contribution in [3.05, 3.63) is 27.2 Å². The zero-order valence-corrected chi connectivity index (χ0v) is 9.10.